The smallest absolute Gasteiger partial charge is 0.310 e. The van der Waals surface area contributed by atoms with Crippen molar-refractivity contribution in [1.29, 1.82) is 0 Å². The van der Waals surface area contributed by atoms with Gasteiger partial charge in [0.1, 0.15) is 0 Å². The molecule has 0 radical (unpaired) electrons. The summed E-state index contributed by atoms with van der Waals surface area (Å²) in [4.78, 5) is 26.0. The molecular weight excluding hydrogens is 346 g/mol. The van der Waals surface area contributed by atoms with E-state index in [0.29, 0.717) is 19.4 Å². The van der Waals surface area contributed by atoms with Crippen LogP contribution in [0.3, 0.4) is 0 Å². The second kappa shape index (κ2) is 6.03. The Morgan fingerprint density at radius 3 is 2.55 bits per heavy atom. The minimum absolute atomic E-state index is 0.00965. The number of hydrogen-bond acceptors (Lipinski definition) is 2. The molecule has 1 aromatic rings. The number of aliphatic carboxylic acids is 1. The van der Waals surface area contributed by atoms with Gasteiger partial charge in [-0.3, -0.25) is 9.59 Å². The maximum Gasteiger partial charge on any atom is 0.310 e. The van der Waals surface area contributed by atoms with Gasteiger partial charge < -0.3 is 10.0 Å². The molecule has 22 heavy (non-hydrogen) atoms. The maximum atomic E-state index is 12.7. The van der Waals surface area contributed by atoms with E-state index in [1.165, 1.54) is 0 Å². The number of carboxylic acid groups (broad SMARTS) is 1. The van der Waals surface area contributed by atoms with Gasteiger partial charge in [0.25, 0.3) is 0 Å². The molecule has 3 rings (SSSR count). The van der Waals surface area contributed by atoms with Gasteiger partial charge in [-0.1, -0.05) is 34.5 Å². The Morgan fingerprint density at radius 2 is 2.05 bits per heavy atom. The van der Waals surface area contributed by atoms with E-state index < -0.39 is 11.4 Å². The van der Waals surface area contributed by atoms with Crippen molar-refractivity contribution in [1.82, 2.24) is 4.90 Å². The fraction of sp³-hybridized carbons (Fsp3) is 0.529. The molecule has 0 bridgehead atoms. The SMILES string of the molecule is O=C(CC1(C(=O)O)CCC1)N(Cc1cccc(Br)c1)C1CC1. The highest BCUT2D eigenvalue weighted by molar-refractivity contribution is 9.10. The first kappa shape index (κ1) is 15.5. The number of hydrogen-bond donors (Lipinski definition) is 1. The Bertz CT molecular complexity index is 593. The number of nitrogens with zero attached hydrogens (tertiary/aromatic N) is 1. The van der Waals surface area contributed by atoms with Crippen LogP contribution in [0.15, 0.2) is 28.7 Å². The molecule has 2 aliphatic rings. The molecular formula is C17H20BrNO3. The highest BCUT2D eigenvalue weighted by atomic mass is 79.9. The van der Waals surface area contributed by atoms with Gasteiger partial charge >= 0.3 is 5.97 Å². The summed E-state index contributed by atoms with van der Waals surface area (Å²) in [5, 5.41) is 9.42. The summed E-state index contributed by atoms with van der Waals surface area (Å²) in [7, 11) is 0. The Labute approximate surface area is 138 Å². The van der Waals surface area contributed by atoms with Gasteiger partial charge in [-0.15, -0.1) is 0 Å². The third-order valence-corrected chi connectivity index (χ3v) is 5.30. The number of carbonyl (C=O) groups is 2. The van der Waals surface area contributed by atoms with Crippen LogP contribution in [-0.4, -0.2) is 27.9 Å². The fourth-order valence-electron chi connectivity index (χ4n) is 3.10. The lowest BCUT2D eigenvalue weighted by Gasteiger charge is -2.38. The molecule has 0 aromatic heterocycles. The van der Waals surface area contributed by atoms with Crippen molar-refractivity contribution in [3.05, 3.63) is 34.3 Å². The molecule has 118 valence electrons. The number of benzene rings is 1. The second-order valence-electron chi connectivity index (χ2n) is 6.50. The van der Waals surface area contributed by atoms with Gasteiger partial charge in [0.15, 0.2) is 0 Å². The first-order valence-electron chi connectivity index (χ1n) is 7.77. The molecule has 2 saturated carbocycles. The van der Waals surface area contributed by atoms with Crippen LogP contribution in [0.25, 0.3) is 0 Å². The van der Waals surface area contributed by atoms with Crippen molar-refractivity contribution in [2.24, 2.45) is 5.41 Å². The van der Waals surface area contributed by atoms with Crippen LogP contribution >= 0.6 is 15.9 Å². The predicted molar refractivity (Wildman–Crippen MR) is 86.3 cm³/mol. The van der Waals surface area contributed by atoms with E-state index in [-0.39, 0.29) is 18.4 Å². The minimum Gasteiger partial charge on any atom is -0.481 e. The Hall–Kier alpha value is -1.36. The van der Waals surface area contributed by atoms with Crippen molar-refractivity contribution in [2.75, 3.05) is 0 Å². The molecule has 0 heterocycles. The zero-order valence-corrected chi connectivity index (χ0v) is 14.0. The predicted octanol–water partition coefficient (Wildman–Crippen LogP) is 3.59. The van der Waals surface area contributed by atoms with E-state index in [4.69, 9.17) is 0 Å². The van der Waals surface area contributed by atoms with Crippen LogP contribution in [0.5, 0.6) is 0 Å². The summed E-state index contributed by atoms with van der Waals surface area (Å²) in [5.41, 5.74) is 0.272. The number of halogens is 1. The van der Waals surface area contributed by atoms with Crippen LogP contribution in [0.1, 0.15) is 44.1 Å². The summed E-state index contributed by atoms with van der Waals surface area (Å²) < 4.78 is 0.995. The molecule has 2 fully saturated rings. The molecule has 0 aliphatic heterocycles. The van der Waals surface area contributed by atoms with Crippen LogP contribution in [0, 0.1) is 5.41 Å². The molecule has 0 unspecified atom stereocenters. The maximum absolute atomic E-state index is 12.7. The molecule has 0 atom stereocenters. The average molecular weight is 366 g/mol. The Balaban J connectivity index is 1.71. The Morgan fingerprint density at radius 1 is 1.32 bits per heavy atom. The second-order valence-corrected chi connectivity index (χ2v) is 7.41. The molecule has 2 aliphatic carbocycles. The number of carboxylic acids is 1. The third-order valence-electron chi connectivity index (χ3n) is 4.80. The van der Waals surface area contributed by atoms with E-state index in [1.54, 1.807) is 0 Å². The van der Waals surface area contributed by atoms with E-state index in [9.17, 15) is 14.7 Å². The van der Waals surface area contributed by atoms with Crippen LogP contribution < -0.4 is 0 Å². The highest BCUT2D eigenvalue weighted by Gasteiger charge is 2.47. The first-order chi connectivity index (χ1) is 10.5. The molecule has 4 nitrogen and oxygen atoms in total. The zero-order valence-electron chi connectivity index (χ0n) is 12.4. The van der Waals surface area contributed by atoms with Gasteiger partial charge in [-0.05, 0) is 43.4 Å². The summed E-state index contributed by atoms with van der Waals surface area (Å²) in [6.45, 7) is 0.568. The normalized spacial score (nSPS) is 19.3. The zero-order chi connectivity index (χ0) is 15.7. The topological polar surface area (TPSA) is 57.6 Å². The average Bonchev–Trinajstić information content (AvgIpc) is 3.24. The van der Waals surface area contributed by atoms with Crippen molar-refractivity contribution in [2.45, 2.75) is 51.1 Å². The molecule has 5 heteroatoms. The van der Waals surface area contributed by atoms with Gasteiger partial charge in [0.2, 0.25) is 5.91 Å². The van der Waals surface area contributed by atoms with Crippen LogP contribution in [0.2, 0.25) is 0 Å². The molecule has 1 aromatic carbocycles. The fourth-order valence-corrected chi connectivity index (χ4v) is 3.55. The lowest BCUT2D eigenvalue weighted by molar-refractivity contribution is -0.159. The van der Waals surface area contributed by atoms with Gasteiger partial charge in [-0.2, -0.15) is 0 Å². The standard InChI is InChI=1S/C17H20BrNO3/c18-13-4-1-3-12(9-13)11-19(14-5-6-14)15(20)10-17(16(21)22)7-2-8-17/h1,3-4,9,14H,2,5-8,10-11H2,(H,21,22). The van der Waals surface area contributed by atoms with E-state index >= 15 is 0 Å². The number of carbonyl (C=O) groups excluding carboxylic acids is 1. The minimum atomic E-state index is -0.815. The molecule has 1 amide bonds. The van der Waals surface area contributed by atoms with Crippen molar-refractivity contribution >= 4 is 27.8 Å². The lowest BCUT2D eigenvalue weighted by atomic mass is 9.66. The largest absolute Gasteiger partial charge is 0.481 e. The molecule has 0 saturated heterocycles. The Kier molecular flexibility index (Phi) is 4.26. The van der Waals surface area contributed by atoms with E-state index in [1.807, 2.05) is 29.2 Å². The third kappa shape index (κ3) is 3.19. The quantitative estimate of drug-likeness (QED) is 0.837. The number of amides is 1. The van der Waals surface area contributed by atoms with Crippen molar-refractivity contribution in [3.8, 4) is 0 Å². The number of rotatable bonds is 6. The van der Waals surface area contributed by atoms with Crippen molar-refractivity contribution < 1.29 is 14.7 Å². The summed E-state index contributed by atoms with van der Waals surface area (Å²) in [5.74, 6) is -0.824. The van der Waals surface area contributed by atoms with Gasteiger partial charge in [-0.25, -0.2) is 0 Å². The van der Waals surface area contributed by atoms with E-state index in [2.05, 4.69) is 15.9 Å². The van der Waals surface area contributed by atoms with Crippen LogP contribution in [0.4, 0.5) is 0 Å². The van der Waals surface area contributed by atoms with Gasteiger partial charge in [0.05, 0.1) is 5.41 Å². The summed E-state index contributed by atoms with van der Waals surface area (Å²) in [6, 6.07) is 8.22. The summed E-state index contributed by atoms with van der Waals surface area (Å²) in [6.07, 6.45) is 4.37. The van der Waals surface area contributed by atoms with Crippen molar-refractivity contribution in [3.63, 3.8) is 0 Å². The molecule has 0 spiro atoms. The monoisotopic (exact) mass is 365 g/mol. The van der Waals surface area contributed by atoms with Crippen LogP contribution in [-0.2, 0) is 16.1 Å². The first-order valence-corrected chi connectivity index (χ1v) is 8.57. The lowest BCUT2D eigenvalue weighted by Crippen LogP contribution is -2.44. The highest BCUT2D eigenvalue weighted by Crippen LogP contribution is 2.45. The molecule has 1 N–H and O–H groups in total. The summed E-state index contributed by atoms with van der Waals surface area (Å²) >= 11 is 3.45. The van der Waals surface area contributed by atoms with Gasteiger partial charge in [0, 0.05) is 23.5 Å². The van der Waals surface area contributed by atoms with E-state index in [0.717, 1.165) is 29.3 Å².